The molecule has 1 heterocycles. The van der Waals surface area contributed by atoms with E-state index in [9.17, 15) is 9.90 Å². The second-order valence-corrected chi connectivity index (χ2v) is 3.66. The van der Waals surface area contributed by atoms with Gasteiger partial charge in [0.2, 0.25) is 5.60 Å². The molecule has 1 N–H and O–H groups in total. The van der Waals surface area contributed by atoms with Crippen LogP contribution in [0.25, 0.3) is 0 Å². The van der Waals surface area contributed by atoms with Gasteiger partial charge in [-0.25, -0.2) is 0 Å². The lowest BCUT2D eigenvalue weighted by Gasteiger charge is -2.19. The Morgan fingerprint density at radius 3 is 2.38 bits per heavy atom. The number of carbonyl (C=O) groups excluding carboxylic acids is 1. The molecule has 0 aliphatic carbocycles. The zero-order valence-electron chi connectivity index (χ0n) is 8.88. The summed E-state index contributed by atoms with van der Waals surface area (Å²) in [4.78, 5) is 11.1. The lowest BCUT2D eigenvalue weighted by molar-refractivity contribution is -0.122. The van der Waals surface area contributed by atoms with Crippen LogP contribution in [0.15, 0.2) is 46.9 Å². The Morgan fingerprint density at radius 1 is 1.19 bits per heavy atom. The van der Waals surface area contributed by atoms with Gasteiger partial charge in [0.1, 0.15) is 11.5 Å². The second kappa shape index (κ2) is 3.94. The van der Waals surface area contributed by atoms with E-state index >= 15 is 0 Å². The van der Waals surface area contributed by atoms with Crippen molar-refractivity contribution in [3.05, 3.63) is 59.5 Å². The summed E-state index contributed by atoms with van der Waals surface area (Å²) < 4.78 is 5.31. The summed E-state index contributed by atoms with van der Waals surface area (Å²) in [5.41, 5.74) is -1.20. The molecular weight excluding hydrogens is 204 g/mol. The van der Waals surface area contributed by atoms with E-state index in [4.69, 9.17) is 4.42 Å². The zero-order chi connectivity index (χ0) is 11.6. The van der Waals surface area contributed by atoms with Crippen LogP contribution in [0.2, 0.25) is 0 Å². The SMILES string of the molecule is Cc1ccc(C(O)(C=O)c2ccccc2)o1. The highest BCUT2D eigenvalue weighted by molar-refractivity contribution is 5.70. The van der Waals surface area contributed by atoms with E-state index in [1.165, 1.54) is 0 Å². The molecule has 0 saturated carbocycles. The molecule has 0 bridgehead atoms. The van der Waals surface area contributed by atoms with Crippen molar-refractivity contribution in [1.29, 1.82) is 0 Å². The molecule has 0 saturated heterocycles. The summed E-state index contributed by atoms with van der Waals surface area (Å²) in [5, 5.41) is 10.3. The van der Waals surface area contributed by atoms with Gasteiger partial charge in [0, 0.05) is 0 Å². The minimum absolute atomic E-state index is 0.242. The monoisotopic (exact) mass is 216 g/mol. The second-order valence-electron chi connectivity index (χ2n) is 3.66. The molecule has 2 aromatic rings. The van der Waals surface area contributed by atoms with Crippen LogP contribution in [-0.2, 0) is 10.4 Å². The minimum atomic E-state index is -1.70. The molecule has 1 unspecified atom stereocenters. The Kier molecular flexibility index (Phi) is 2.62. The van der Waals surface area contributed by atoms with Crippen molar-refractivity contribution in [3.8, 4) is 0 Å². The van der Waals surface area contributed by atoms with Gasteiger partial charge in [-0.2, -0.15) is 0 Å². The molecule has 82 valence electrons. The molecule has 0 fully saturated rings. The molecule has 0 amide bonds. The predicted octanol–water partition coefficient (Wildman–Crippen LogP) is 2.02. The van der Waals surface area contributed by atoms with Crippen LogP contribution in [0, 0.1) is 6.92 Å². The van der Waals surface area contributed by atoms with Gasteiger partial charge in [-0.15, -0.1) is 0 Å². The average molecular weight is 216 g/mol. The number of aldehydes is 1. The summed E-state index contributed by atoms with van der Waals surface area (Å²) in [6, 6.07) is 12.0. The van der Waals surface area contributed by atoms with E-state index in [0.717, 1.165) is 0 Å². The number of benzene rings is 1. The van der Waals surface area contributed by atoms with E-state index in [2.05, 4.69) is 0 Å². The summed E-state index contributed by atoms with van der Waals surface area (Å²) in [5.74, 6) is 0.900. The Hall–Kier alpha value is -1.87. The summed E-state index contributed by atoms with van der Waals surface area (Å²) >= 11 is 0. The Morgan fingerprint density at radius 2 is 1.88 bits per heavy atom. The molecule has 3 heteroatoms. The third-order valence-electron chi connectivity index (χ3n) is 2.50. The zero-order valence-corrected chi connectivity index (χ0v) is 8.88. The summed E-state index contributed by atoms with van der Waals surface area (Å²) in [6.45, 7) is 1.76. The van der Waals surface area contributed by atoms with Crippen LogP contribution in [-0.4, -0.2) is 11.4 Å². The van der Waals surface area contributed by atoms with Crippen LogP contribution >= 0.6 is 0 Å². The largest absolute Gasteiger partial charge is 0.462 e. The standard InChI is InChI=1S/C13H12O3/c1-10-7-8-12(16-10)13(15,9-14)11-5-3-2-4-6-11/h2-9,15H,1H3. The molecular formula is C13H12O3. The maximum Gasteiger partial charge on any atom is 0.203 e. The number of rotatable bonds is 3. The van der Waals surface area contributed by atoms with Crippen molar-refractivity contribution in [1.82, 2.24) is 0 Å². The number of aliphatic hydroxyl groups is 1. The van der Waals surface area contributed by atoms with Crippen LogP contribution in [0.1, 0.15) is 17.1 Å². The number of aryl methyl sites for hydroxylation is 1. The van der Waals surface area contributed by atoms with Gasteiger partial charge in [0.05, 0.1) is 0 Å². The lowest BCUT2D eigenvalue weighted by atomic mass is 9.93. The highest BCUT2D eigenvalue weighted by Gasteiger charge is 2.34. The maximum absolute atomic E-state index is 11.1. The smallest absolute Gasteiger partial charge is 0.203 e. The van der Waals surface area contributed by atoms with Crippen molar-refractivity contribution < 1.29 is 14.3 Å². The Labute approximate surface area is 93.3 Å². The van der Waals surface area contributed by atoms with Crippen molar-refractivity contribution >= 4 is 6.29 Å². The fourth-order valence-electron chi connectivity index (χ4n) is 1.60. The van der Waals surface area contributed by atoms with Crippen LogP contribution in [0.4, 0.5) is 0 Å². The van der Waals surface area contributed by atoms with E-state index in [1.807, 2.05) is 6.07 Å². The maximum atomic E-state index is 11.1. The van der Waals surface area contributed by atoms with Gasteiger partial charge < -0.3 is 9.52 Å². The first-order valence-electron chi connectivity index (χ1n) is 4.98. The van der Waals surface area contributed by atoms with Crippen molar-refractivity contribution in [2.24, 2.45) is 0 Å². The quantitative estimate of drug-likeness (QED) is 0.798. The third-order valence-corrected chi connectivity index (χ3v) is 2.50. The fraction of sp³-hybridized carbons (Fsp3) is 0.154. The van der Waals surface area contributed by atoms with E-state index in [-0.39, 0.29) is 5.76 Å². The van der Waals surface area contributed by atoms with E-state index in [1.54, 1.807) is 43.3 Å². The minimum Gasteiger partial charge on any atom is -0.462 e. The van der Waals surface area contributed by atoms with Gasteiger partial charge in [0.15, 0.2) is 6.29 Å². The van der Waals surface area contributed by atoms with E-state index < -0.39 is 5.60 Å². The van der Waals surface area contributed by atoms with E-state index in [0.29, 0.717) is 17.6 Å². The predicted molar refractivity (Wildman–Crippen MR) is 58.9 cm³/mol. The van der Waals surface area contributed by atoms with Gasteiger partial charge in [-0.05, 0) is 24.6 Å². The molecule has 16 heavy (non-hydrogen) atoms. The van der Waals surface area contributed by atoms with Crippen molar-refractivity contribution in [2.45, 2.75) is 12.5 Å². The lowest BCUT2D eigenvalue weighted by Crippen LogP contribution is -2.28. The van der Waals surface area contributed by atoms with Crippen LogP contribution < -0.4 is 0 Å². The first-order valence-corrected chi connectivity index (χ1v) is 4.98. The summed E-state index contributed by atoms with van der Waals surface area (Å²) in [7, 11) is 0. The first-order chi connectivity index (χ1) is 7.66. The highest BCUT2D eigenvalue weighted by Crippen LogP contribution is 2.28. The molecule has 1 atom stereocenters. The van der Waals surface area contributed by atoms with Gasteiger partial charge >= 0.3 is 0 Å². The topological polar surface area (TPSA) is 50.4 Å². The van der Waals surface area contributed by atoms with Gasteiger partial charge in [0.25, 0.3) is 0 Å². The molecule has 1 aromatic heterocycles. The Bertz CT molecular complexity index is 487. The van der Waals surface area contributed by atoms with Gasteiger partial charge in [-0.3, -0.25) is 4.79 Å². The molecule has 3 nitrogen and oxygen atoms in total. The third kappa shape index (κ3) is 1.66. The van der Waals surface area contributed by atoms with Crippen LogP contribution in [0.3, 0.4) is 0 Å². The molecule has 0 radical (unpaired) electrons. The number of hydrogen-bond acceptors (Lipinski definition) is 3. The molecule has 0 aliphatic rings. The first kappa shape index (κ1) is 10.6. The highest BCUT2D eigenvalue weighted by atomic mass is 16.4. The number of furan rings is 1. The van der Waals surface area contributed by atoms with Crippen molar-refractivity contribution in [2.75, 3.05) is 0 Å². The Balaban J connectivity index is 2.52. The van der Waals surface area contributed by atoms with Gasteiger partial charge in [-0.1, -0.05) is 30.3 Å². The number of hydrogen-bond donors (Lipinski definition) is 1. The fourth-order valence-corrected chi connectivity index (χ4v) is 1.60. The van der Waals surface area contributed by atoms with Crippen LogP contribution in [0.5, 0.6) is 0 Å². The molecule has 1 aromatic carbocycles. The molecule has 0 aliphatic heterocycles. The average Bonchev–Trinajstić information content (AvgIpc) is 2.76. The van der Waals surface area contributed by atoms with Crippen molar-refractivity contribution in [3.63, 3.8) is 0 Å². The molecule has 2 rings (SSSR count). The summed E-state index contributed by atoms with van der Waals surface area (Å²) in [6.07, 6.45) is 0.487. The number of carbonyl (C=O) groups is 1. The normalized spacial score (nSPS) is 14.4. The molecule has 0 spiro atoms.